The highest BCUT2D eigenvalue weighted by Crippen LogP contribution is 2.18. The second-order valence-electron chi connectivity index (χ2n) is 3.00. The fourth-order valence-corrected chi connectivity index (χ4v) is 1.22. The first-order valence-corrected chi connectivity index (χ1v) is 5.04. The Bertz CT molecular complexity index is 237. The SMILES string of the molecule is CC.Cc1ccc(N2CCC2)cn1. The maximum Gasteiger partial charge on any atom is 0.0552 e. The Kier molecular flexibility index (Phi) is 3.74. The molecular formula is C11H18N2. The molecule has 0 saturated carbocycles. The highest BCUT2D eigenvalue weighted by atomic mass is 15.2. The largest absolute Gasteiger partial charge is 0.370 e. The maximum atomic E-state index is 4.24. The smallest absolute Gasteiger partial charge is 0.0552 e. The van der Waals surface area contributed by atoms with E-state index in [1.807, 2.05) is 27.0 Å². The van der Waals surface area contributed by atoms with Gasteiger partial charge < -0.3 is 4.90 Å². The number of hydrogen-bond donors (Lipinski definition) is 0. The van der Waals surface area contributed by atoms with E-state index in [-0.39, 0.29) is 0 Å². The molecule has 0 bridgehead atoms. The zero-order valence-corrected chi connectivity index (χ0v) is 8.75. The molecule has 13 heavy (non-hydrogen) atoms. The summed E-state index contributed by atoms with van der Waals surface area (Å²) in [6, 6.07) is 4.20. The summed E-state index contributed by atoms with van der Waals surface area (Å²) >= 11 is 0. The van der Waals surface area contributed by atoms with Gasteiger partial charge in [-0.25, -0.2) is 0 Å². The molecule has 0 radical (unpaired) electrons. The van der Waals surface area contributed by atoms with Crippen molar-refractivity contribution in [1.82, 2.24) is 4.98 Å². The summed E-state index contributed by atoms with van der Waals surface area (Å²) in [5.74, 6) is 0. The van der Waals surface area contributed by atoms with Crippen molar-refractivity contribution in [1.29, 1.82) is 0 Å². The third-order valence-corrected chi connectivity index (χ3v) is 2.12. The summed E-state index contributed by atoms with van der Waals surface area (Å²) in [4.78, 5) is 6.58. The Labute approximate surface area is 80.6 Å². The van der Waals surface area contributed by atoms with E-state index < -0.39 is 0 Å². The number of aryl methyl sites for hydroxylation is 1. The molecular weight excluding hydrogens is 160 g/mol. The van der Waals surface area contributed by atoms with Crippen LogP contribution in [-0.4, -0.2) is 18.1 Å². The Morgan fingerprint density at radius 2 is 1.92 bits per heavy atom. The zero-order chi connectivity index (χ0) is 9.68. The van der Waals surface area contributed by atoms with E-state index in [4.69, 9.17) is 0 Å². The molecule has 2 heteroatoms. The number of nitrogens with zero attached hydrogens (tertiary/aromatic N) is 2. The quantitative estimate of drug-likeness (QED) is 0.657. The van der Waals surface area contributed by atoms with Crippen LogP contribution in [0.5, 0.6) is 0 Å². The van der Waals surface area contributed by atoms with Crippen LogP contribution in [0.2, 0.25) is 0 Å². The average Bonchev–Trinajstić information content (AvgIpc) is 2.09. The molecule has 1 aliphatic rings. The molecule has 0 N–H and O–H groups in total. The standard InChI is InChI=1S/C9H12N2.C2H6/c1-8-3-4-9(7-10-8)11-5-2-6-11;1-2/h3-4,7H,2,5-6H2,1H3;1-2H3. The van der Waals surface area contributed by atoms with Crippen molar-refractivity contribution in [3.8, 4) is 0 Å². The number of pyridine rings is 1. The summed E-state index contributed by atoms with van der Waals surface area (Å²) in [5, 5.41) is 0. The van der Waals surface area contributed by atoms with E-state index in [0.29, 0.717) is 0 Å². The molecule has 0 aliphatic carbocycles. The first-order valence-electron chi connectivity index (χ1n) is 5.04. The first-order chi connectivity index (χ1) is 6.36. The molecule has 0 amide bonds. The van der Waals surface area contributed by atoms with Gasteiger partial charge in [0.05, 0.1) is 11.9 Å². The molecule has 0 unspecified atom stereocenters. The van der Waals surface area contributed by atoms with Gasteiger partial charge in [0.25, 0.3) is 0 Å². The van der Waals surface area contributed by atoms with Crippen LogP contribution in [0.25, 0.3) is 0 Å². The molecule has 1 aromatic heterocycles. The van der Waals surface area contributed by atoms with Gasteiger partial charge in [0.2, 0.25) is 0 Å². The predicted molar refractivity (Wildman–Crippen MR) is 57.2 cm³/mol. The predicted octanol–water partition coefficient (Wildman–Crippen LogP) is 2.63. The van der Waals surface area contributed by atoms with E-state index in [9.17, 15) is 0 Å². The minimum Gasteiger partial charge on any atom is -0.370 e. The number of hydrogen-bond acceptors (Lipinski definition) is 2. The van der Waals surface area contributed by atoms with E-state index in [0.717, 1.165) is 5.69 Å². The van der Waals surface area contributed by atoms with E-state index in [1.165, 1.54) is 25.2 Å². The highest BCUT2D eigenvalue weighted by Gasteiger charge is 2.13. The molecule has 1 aliphatic heterocycles. The van der Waals surface area contributed by atoms with Crippen LogP contribution in [0.1, 0.15) is 26.0 Å². The Hall–Kier alpha value is -1.05. The van der Waals surface area contributed by atoms with Crippen molar-refractivity contribution in [3.05, 3.63) is 24.0 Å². The van der Waals surface area contributed by atoms with Gasteiger partial charge in [0.15, 0.2) is 0 Å². The van der Waals surface area contributed by atoms with Crippen LogP contribution < -0.4 is 4.90 Å². The van der Waals surface area contributed by atoms with Crippen molar-refractivity contribution in [2.75, 3.05) is 18.0 Å². The van der Waals surface area contributed by atoms with E-state index in [1.54, 1.807) is 0 Å². The monoisotopic (exact) mass is 178 g/mol. The van der Waals surface area contributed by atoms with Gasteiger partial charge in [-0.3, -0.25) is 4.98 Å². The molecule has 2 rings (SSSR count). The van der Waals surface area contributed by atoms with E-state index >= 15 is 0 Å². The van der Waals surface area contributed by atoms with Crippen molar-refractivity contribution in [3.63, 3.8) is 0 Å². The third-order valence-electron chi connectivity index (χ3n) is 2.12. The van der Waals surface area contributed by atoms with Gasteiger partial charge in [0.1, 0.15) is 0 Å². The molecule has 2 nitrogen and oxygen atoms in total. The minimum atomic E-state index is 1.09. The topological polar surface area (TPSA) is 16.1 Å². The highest BCUT2D eigenvalue weighted by molar-refractivity contribution is 5.46. The maximum absolute atomic E-state index is 4.24. The summed E-state index contributed by atoms with van der Waals surface area (Å²) < 4.78 is 0. The molecule has 0 spiro atoms. The normalized spacial score (nSPS) is 14.2. The zero-order valence-electron chi connectivity index (χ0n) is 8.75. The molecule has 1 fully saturated rings. The first kappa shape index (κ1) is 10.0. The van der Waals surface area contributed by atoms with Gasteiger partial charge in [-0.05, 0) is 25.5 Å². The van der Waals surface area contributed by atoms with Crippen LogP contribution >= 0.6 is 0 Å². The molecule has 0 aromatic carbocycles. The van der Waals surface area contributed by atoms with E-state index in [2.05, 4.69) is 22.0 Å². The lowest BCUT2D eigenvalue weighted by molar-refractivity contribution is 0.616. The lowest BCUT2D eigenvalue weighted by Crippen LogP contribution is -2.36. The van der Waals surface area contributed by atoms with Crippen LogP contribution in [-0.2, 0) is 0 Å². The lowest BCUT2D eigenvalue weighted by Gasteiger charge is -2.32. The van der Waals surface area contributed by atoms with Crippen LogP contribution in [0.3, 0.4) is 0 Å². The van der Waals surface area contributed by atoms with Crippen LogP contribution in [0.4, 0.5) is 5.69 Å². The van der Waals surface area contributed by atoms with Crippen molar-refractivity contribution < 1.29 is 0 Å². The van der Waals surface area contributed by atoms with Gasteiger partial charge in [-0.2, -0.15) is 0 Å². The molecule has 1 saturated heterocycles. The second kappa shape index (κ2) is 4.85. The summed E-state index contributed by atoms with van der Waals surface area (Å²) in [5.41, 5.74) is 2.36. The van der Waals surface area contributed by atoms with Gasteiger partial charge in [-0.15, -0.1) is 0 Å². The Morgan fingerprint density at radius 1 is 1.23 bits per heavy atom. The number of anilines is 1. The minimum absolute atomic E-state index is 1.09. The fourth-order valence-electron chi connectivity index (χ4n) is 1.22. The Balaban J connectivity index is 0.000000396. The molecule has 0 atom stereocenters. The summed E-state index contributed by atoms with van der Waals surface area (Å²) in [6.07, 6.45) is 3.28. The van der Waals surface area contributed by atoms with Crippen molar-refractivity contribution in [2.24, 2.45) is 0 Å². The third kappa shape index (κ3) is 2.44. The molecule has 1 aromatic rings. The van der Waals surface area contributed by atoms with Gasteiger partial charge in [-0.1, -0.05) is 13.8 Å². The number of aromatic nitrogens is 1. The fraction of sp³-hybridized carbons (Fsp3) is 0.545. The van der Waals surface area contributed by atoms with Gasteiger partial charge in [0, 0.05) is 18.8 Å². The second-order valence-corrected chi connectivity index (χ2v) is 3.00. The summed E-state index contributed by atoms with van der Waals surface area (Å²) in [7, 11) is 0. The van der Waals surface area contributed by atoms with Gasteiger partial charge >= 0.3 is 0 Å². The Morgan fingerprint density at radius 3 is 2.31 bits per heavy atom. The van der Waals surface area contributed by atoms with Crippen molar-refractivity contribution in [2.45, 2.75) is 27.2 Å². The average molecular weight is 178 g/mol. The summed E-state index contributed by atoms with van der Waals surface area (Å²) in [6.45, 7) is 8.41. The van der Waals surface area contributed by atoms with Crippen LogP contribution in [0, 0.1) is 6.92 Å². The lowest BCUT2D eigenvalue weighted by atomic mass is 10.2. The van der Waals surface area contributed by atoms with Crippen molar-refractivity contribution >= 4 is 5.69 Å². The molecule has 72 valence electrons. The van der Waals surface area contributed by atoms with Crippen LogP contribution in [0.15, 0.2) is 18.3 Å². The number of rotatable bonds is 1. The molecule has 2 heterocycles.